The molecule has 5 aromatic rings. The molecule has 2 fully saturated rings. The van der Waals surface area contributed by atoms with Gasteiger partial charge in [-0.15, -0.1) is 0 Å². The van der Waals surface area contributed by atoms with Crippen molar-refractivity contribution < 1.29 is 19.2 Å². The SMILES string of the molecule is CC(=O)NC(C(=O)N1CCCC1c1ncc(C#Cc2ccc(-c3cnc(C4CCCN4C(=O)C(NC(C)=O)c4ccccc4)[nH]3)cc2)[nH]1)c1ccccc1. The van der Waals surface area contributed by atoms with Gasteiger partial charge in [-0.2, -0.15) is 0 Å². The van der Waals surface area contributed by atoms with Gasteiger partial charge in [-0.25, -0.2) is 9.97 Å². The highest BCUT2D eigenvalue weighted by Crippen LogP contribution is 2.35. The average Bonchev–Trinajstić information content (AvgIpc) is 4.02. The first-order chi connectivity index (χ1) is 26.2. The first kappa shape index (κ1) is 35.9. The first-order valence-corrected chi connectivity index (χ1v) is 18.2. The molecule has 2 aliphatic heterocycles. The van der Waals surface area contributed by atoms with Gasteiger partial charge in [-0.3, -0.25) is 19.2 Å². The number of hydrogen-bond donors (Lipinski definition) is 4. The number of imidazole rings is 2. The lowest BCUT2D eigenvalue weighted by Gasteiger charge is -2.28. The van der Waals surface area contributed by atoms with Crippen LogP contribution in [0.15, 0.2) is 97.3 Å². The summed E-state index contributed by atoms with van der Waals surface area (Å²) in [6.07, 6.45) is 6.65. The fourth-order valence-electron chi connectivity index (χ4n) is 7.33. The van der Waals surface area contributed by atoms with Crippen molar-refractivity contribution in [2.45, 2.75) is 63.7 Å². The van der Waals surface area contributed by atoms with Crippen LogP contribution in [0.2, 0.25) is 0 Å². The fourth-order valence-corrected chi connectivity index (χ4v) is 7.33. The highest BCUT2D eigenvalue weighted by molar-refractivity contribution is 5.89. The van der Waals surface area contributed by atoms with E-state index < -0.39 is 12.1 Å². The summed E-state index contributed by atoms with van der Waals surface area (Å²) in [5.74, 6) is 6.87. The summed E-state index contributed by atoms with van der Waals surface area (Å²) >= 11 is 0. The Hall–Kier alpha value is -6.48. The summed E-state index contributed by atoms with van der Waals surface area (Å²) in [6, 6.07) is 24.4. The van der Waals surface area contributed by atoms with Crippen LogP contribution in [0.4, 0.5) is 0 Å². The molecule has 2 saturated heterocycles. The summed E-state index contributed by atoms with van der Waals surface area (Å²) < 4.78 is 0. The highest BCUT2D eigenvalue weighted by Gasteiger charge is 2.38. The molecule has 0 spiro atoms. The molecule has 0 aliphatic carbocycles. The fraction of sp³-hybridized carbons (Fsp3) is 0.286. The Bertz CT molecular complexity index is 2190. The zero-order valence-corrected chi connectivity index (χ0v) is 30.2. The van der Waals surface area contributed by atoms with Gasteiger partial charge < -0.3 is 30.4 Å². The number of rotatable bonds is 9. The van der Waals surface area contributed by atoms with E-state index >= 15 is 0 Å². The third kappa shape index (κ3) is 7.95. The van der Waals surface area contributed by atoms with Crippen LogP contribution in [0.3, 0.4) is 0 Å². The van der Waals surface area contributed by atoms with Gasteiger partial charge in [0, 0.05) is 32.5 Å². The van der Waals surface area contributed by atoms with E-state index in [0.29, 0.717) is 30.4 Å². The number of aromatic amines is 2. The average molecular weight is 723 g/mol. The lowest BCUT2D eigenvalue weighted by molar-refractivity contribution is -0.137. The maximum atomic E-state index is 13.8. The Kier molecular flexibility index (Phi) is 10.7. The second-order valence-corrected chi connectivity index (χ2v) is 13.7. The predicted molar refractivity (Wildman–Crippen MR) is 202 cm³/mol. The van der Waals surface area contributed by atoms with Gasteiger partial charge in [-0.1, -0.05) is 78.7 Å². The number of nitrogens with one attached hydrogen (secondary N) is 4. The lowest BCUT2D eigenvalue weighted by Crippen LogP contribution is -2.42. The van der Waals surface area contributed by atoms with Crippen molar-refractivity contribution >= 4 is 23.6 Å². The Morgan fingerprint density at radius 3 is 1.69 bits per heavy atom. The van der Waals surface area contributed by atoms with E-state index in [1.165, 1.54) is 13.8 Å². The van der Waals surface area contributed by atoms with Gasteiger partial charge in [0.05, 0.1) is 30.2 Å². The quantitative estimate of drug-likeness (QED) is 0.152. The maximum Gasteiger partial charge on any atom is 0.250 e. The summed E-state index contributed by atoms with van der Waals surface area (Å²) in [5.41, 5.74) is 4.68. The van der Waals surface area contributed by atoms with Crippen LogP contribution in [0.5, 0.6) is 0 Å². The zero-order chi connectivity index (χ0) is 37.6. The van der Waals surface area contributed by atoms with Gasteiger partial charge in [-0.05, 0) is 60.4 Å². The van der Waals surface area contributed by atoms with Crippen LogP contribution >= 0.6 is 0 Å². The third-order valence-corrected chi connectivity index (χ3v) is 9.89. The molecule has 274 valence electrons. The molecule has 3 aromatic carbocycles. The Labute approximate surface area is 313 Å². The molecule has 0 saturated carbocycles. The molecular weight excluding hydrogens is 681 g/mol. The number of hydrogen-bond acceptors (Lipinski definition) is 6. The molecule has 0 radical (unpaired) electrons. The van der Waals surface area contributed by atoms with Gasteiger partial charge >= 0.3 is 0 Å². The minimum atomic E-state index is -0.773. The number of H-pyrrole nitrogens is 2. The normalized spacial score (nSPS) is 17.7. The predicted octanol–water partition coefficient (Wildman–Crippen LogP) is 5.28. The summed E-state index contributed by atoms with van der Waals surface area (Å²) in [5, 5.41) is 5.65. The number of aromatic nitrogens is 4. The molecule has 2 aromatic heterocycles. The molecule has 12 heteroatoms. The molecule has 54 heavy (non-hydrogen) atoms. The molecule has 4 unspecified atom stereocenters. The van der Waals surface area contributed by atoms with Crippen molar-refractivity contribution in [2.24, 2.45) is 0 Å². The van der Waals surface area contributed by atoms with Crippen molar-refractivity contribution in [1.29, 1.82) is 0 Å². The molecule has 0 bridgehead atoms. The van der Waals surface area contributed by atoms with Crippen LogP contribution in [0.25, 0.3) is 11.3 Å². The van der Waals surface area contributed by atoms with Gasteiger partial charge in [0.2, 0.25) is 23.6 Å². The summed E-state index contributed by atoms with van der Waals surface area (Å²) in [4.78, 5) is 71.1. The van der Waals surface area contributed by atoms with Crippen molar-refractivity contribution in [3.8, 4) is 23.1 Å². The molecule has 12 nitrogen and oxygen atoms in total. The van der Waals surface area contributed by atoms with E-state index in [1.54, 1.807) is 17.3 Å². The largest absolute Gasteiger partial charge is 0.341 e. The van der Waals surface area contributed by atoms with Crippen LogP contribution in [0.1, 0.15) is 97.7 Å². The van der Waals surface area contributed by atoms with Crippen LogP contribution < -0.4 is 10.6 Å². The molecule has 4 atom stereocenters. The molecule has 4 amide bonds. The van der Waals surface area contributed by atoms with E-state index in [1.807, 2.05) is 89.8 Å². The van der Waals surface area contributed by atoms with Crippen molar-refractivity contribution in [3.63, 3.8) is 0 Å². The summed E-state index contributed by atoms with van der Waals surface area (Å²) in [7, 11) is 0. The third-order valence-electron chi connectivity index (χ3n) is 9.89. The number of likely N-dealkylation sites (tertiary alicyclic amines) is 2. The summed E-state index contributed by atoms with van der Waals surface area (Å²) in [6.45, 7) is 3.99. The van der Waals surface area contributed by atoms with Gasteiger partial charge in [0.15, 0.2) is 0 Å². The molecular formula is C42H42N8O4. The van der Waals surface area contributed by atoms with E-state index in [4.69, 9.17) is 0 Å². The topological polar surface area (TPSA) is 156 Å². The molecule has 4 N–H and O–H groups in total. The lowest BCUT2D eigenvalue weighted by atomic mass is 10.0. The Morgan fingerprint density at radius 1 is 0.667 bits per heavy atom. The number of carbonyl (C=O) groups is 4. The standard InChI is InChI=1S/C42H42N8O4/c1-27(51)45-37(31-11-5-3-6-12-31)41(53)49-23-9-15-35(49)39-43-25-33(47-39)22-19-29-17-20-30(21-18-29)34-26-44-40(48-34)36-16-10-24-50(36)42(54)38(46-28(2)52)32-13-7-4-8-14-32/h3-8,11-14,17-18,20-21,25-26,35-38H,9-10,15-16,23-24H2,1-2H3,(H,43,47)(H,44,48)(H,45,51)(H,46,52). The van der Waals surface area contributed by atoms with Crippen molar-refractivity contribution in [3.05, 3.63) is 131 Å². The number of nitrogens with zero attached hydrogens (tertiary/aromatic N) is 4. The van der Waals surface area contributed by atoms with Gasteiger partial charge in [0.1, 0.15) is 29.4 Å². The maximum absolute atomic E-state index is 13.8. The monoisotopic (exact) mass is 722 g/mol. The molecule has 7 rings (SSSR count). The first-order valence-electron chi connectivity index (χ1n) is 18.2. The minimum absolute atomic E-state index is 0.156. The van der Waals surface area contributed by atoms with E-state index in [2.05, 4.69) is 42.4 Å². The number of carbonyl (C=O) groups excluding carboxylic acids is 4. The van der Waals surface area contributed by atoms with Crippen LogP contribution in [-0.4, -0.2) is 66.5 Å². The Balaban J connectivity index is 1.01. The number of benzene rings is 3. The van der Waals surface area contributed by atoms with Crippen molar-refractivity contribution in [2.75, 3.05) is 13.1 Å². The van der Waals surface area contributed by atoms with Crippen LogP contribution in [-0.2, 0) is 19.2 Å². The van der Waals surface area contributed by atoms with E-state index in [9.17, 15) is 19.2 Å². The smallest absolute Gasteiger partial charge is 0.250 e. The van der Waals surface area contributed by atoms with E-state index in [-0.39, 0.29) is 35.7 Å². The number of amides is 4. The van der Waals surface area contributed by atoms with E-state index in [0.717, 1.165) is 53.6 Å². The second-order valence-electron chi connectivity index (χ2n) is 13.7. The molecule has 2 aliphatic rings. The zero-order valence-electron chi connectivity index (χ0n) is 30.2. The Morgan fingerprint density at radius 2 is 1.17 bits per heavy atom. The highest BCUT2D eigenvalue weighted by atomic mass is 16.2. The van der Waals surface area contributed by atoms with Crippen LogP contribution in [0, 0.1) is 11.8 Å². The van der Waals surface area contributed by atoms with Gasteiger partial charge in [0.25, 0.3) is 0 Å². The minimum Gasteiger partial charge on any atom is -0.341 e. The molecule has 4 heterocycles. The van der Waals surface area contributed by atoms with Crippen molar-refractivity contribution in [1.82, 2.24) is 40.4 Å². The second kappa shape index (κ2) is 16.0.